The molecular formula is C16H30N2O2. The van der Waals surface area contributed by atoms with Gasteiger partial charge in [0.15, 0.2) is 0 Å². The first-order valence-corrected chi connectivity index (χ1v) is 8.19. The third kappa shape index (κ3) is 4.65. The summed E-state index contributed by atoms with van der Waals surface area (Å²) in [4.78, 5) is 14.1. The molecule has 0 bridgehead atoms. The van der Waals surface area contributed by atoms with E-state index in [1.165, 1.54) is 25.7 Å². The third-order valence-corrected chi connectivity index (χ3v) is 4.27. The van der Waals surface area contributed by atoms with Gasteiger partial charge in [0.05, 0.1) is 0 Å². The highest BCUT2D eigenvalue weighted by Gasteiger charge is 2.31. The Morgan fingerprint density at radius 3 is 2.55 bits per heavy atom. The fourth-order valence-electron chi connectivity index (χ4n) is 3.28. The van der Waals surface area contributed by atoms with Gasteiger partial charge in [-0.15, -0.1) is 0 Å². The highest BCUT2D eigenvalue weighted by atomic mass is 16.6. The van der Waals surface area contributed by atoms with E-state index in [2.05, 4.69) is 5.32 Å². The second-order valence-corrected chi connectivity index (χ2v) is 7.19. The fraction of sp³-hybridized carbons (Fsp3) is 0.938. The molecular weight excluding hydrogens is 252 g/mol. The summed E-state index contributed by atoms with van der Waals surface area (Å²) >= 11 is 0. The van der Waals surface area contributed by atoms with Crippen LogP contribution in [-0.2, 0) is 4.74 Å². The molecule has 1 aliphatic carbocycles. The van der Waals surface area contributed by atoms with Crippen molar-refractivity contribution in [3.63, 3.8) is 0 Å². The van der Waals surface area contributed by atoms with Crippen LogP contribution in [0.5, 0.6) is 0 Å². The zero-order valence-corrected chi connectivity index (χ0v) is 13.3. The lowest BCUT2D eigenvalue weighted by atomic mass is 10.1. The average Bonchev–Trinajstić information content (AvgIpc) is 2.97. The quantitative estimate of drug-likeness (QED) is 0.860. The SMILES string of the molecule is CC(C)(C)OC(=O)N1CCCC1CCNC1CCCC1. The first-order chi connectivity index (χ1) is 9.46. The van der Waals surface area contributed by atoms with E-state index in [0.29, 0.717) is 12.1 Å². The highest BCUT2D eigenvalue weighted by molar-refractivity contribution is 5.68. The zero-order chi connectivity index (χ0) is 14.6. The molecule has 1 saturated heterocycles. The van der Waals surface area contributed by atoms with Crippen LogP contribution in [0.3, 0.4) is 0 Å². The van der Waals surface area contributed by atoms with E-state index >= 15 is 0 Å². The van der Waals surface area contributed by atoms with Crippen molar-refractivity contribution in [1.82, 2.24) is 10.2 Å². The van der Waals surface area contributed by atoms with Gasteiger partial charge in [-0.2, -0.15) is 0 Å². The second-order valence-electron chi connectivity index (χ2n) is 7.19. The molecule has 0 spiro atoms. The van der Waals surface area contributed by atoms with Crippen LogP contribution >= 0.6 is 0 Å². The Kier molecular flexibility index (Phi) is 5.30. The molecule has 4 heteroatoms. The van der Waals surface area contributed by atoms with Crippen molar-refractivity contribution >= 4 is 6.09 Å². The molecule has 0 radical (unpaired) electrons. The summed E-state index contributed by atoms with van der Waals surface area (Å²) in [5, 5.41) is 3.64. The van der Waals surface area contributed by atoms with E-state index in [1.54, 1.807) is 0 Å². The molecule has 116 valence electrons. The Morgan fingerprint density at radius 1 is 1.20 bits per heavy atom. The summed E-state index contributed by atoms with van der Waals surface area (Å²) in [5.41, 5.74) is -0.397. The van der Waals surface area contributed by atoms with Crippen molar-refractivity contribution in [1.29, 1.82) is 0 Å². The molecule has 1 aliphatic heterocycles. The summed E-state index contributed by atoms with van der Waals surface area (Å²) < 4.78 is 5.50. The lowest BCUT2D eigenvalue weighted by Crippen LogP contribution is -2.41. The zero-order valence-electron chi connectivity index (χ0n) is 13.3. The number of carbonyl (C=O) groups excluding carboxylic acids is 1. The van der Waals surface area contributed by atoms with Crippen LogP contribution < -0.4 is 5.32 Å². The van der Waals surface area contributed by atoms with E-state index in [9.17, 15) is 4.79 Å². The molecule has 1 saturated carbocycles. The number of likely N-dealkylation sites (tertiary alicyclic amines) is 1. The van der Waals surface area contributed by atoms with Gasteiger partial charge in [0, 0.05) is 18.6 Å². The van der Waals surface area contributed by atoms with Gasteiger partial charge < -0.3 is 15.0 Å². The van der Waals surface area contributed by atoms with Crippen molar-refractivity contribution in [3.8, 4) is 0 Å². The van der Waals surface area contributed by atoms with Crippen LogP contribution in [-0.4, -0.2) is 41.8 Å². The van der Waals surface area contributed by atoms with Gasteiger partial charge >= 0.3 is 6.09 Å². The predicted molar refractivity (Wildman–Crippen MR) is 80.8 cm³/mol. The topological polar surface area (TPSA) is 41.6 Å². The number of hydrogen-bond acceptors (Lipinski definition) is 3. The van der Waals surface area contributed by atoms with Crippen LogP contribution in [0.1, 0.15) is 65.7 Å². The maximum Gasteiger partial charge on any atom is 0.410 e. The molecule has 1 heterocycles. The average molecular weight is 282 g/mol. The minimum absolute atomic E-state index is 0.138. The standard InChI is InChI=1S/C16H30N2O2/c1-16(2,3)20-15(19)18-12-6-9-14(18)10-11-17-13-7-4-5-8-13/h13-14,17H,4-12H2,1-3H3. The second kappa shape index (κ2) is 6.79. The van der Waals surface area contributed by atoms with Crippen LogP contribution in [0.2, 0.25) is 0 Å². The number of carbonyl (C=O) groups is 1. The summed E-state index contributed by atoms with van der Waals surface area (Å²) in [5.74, 6) is 0. The Morgan fingerprint density at radius 2 is 1.90 bits per heavy atom. The number of nitrogens with zero attached hydrogens (tertiary/aromatic N) is 1. The molecule has 1 amide bonds. The lowest BCUT2D eigenvalue weighted by Gasteiger charge is -2.29. The van der Waals surface area contributed by atoms with Gasteiger partial charge in [-0.25, -0.2) is 4.79 Å². The largest absolute Gasteiger partial charge is 0.444 e. The maximum absolute atomic E-state index is 12.2. The van der Waals surface area contributed by atoms with E-state index < -0.39 is 5.60 Å². The Hall–Kier alpha value is -0.770. The molecule has 4 nitrogen and oxygen atoms in total. The maximum atomic E-state index is 12.2. The number of nitrogens with one attached hydrogen (secondary N) is 1. The van der Waals surface area contributed by atoms with E-state index in [4.69, 9.17) is 4.74 Å². The van der Waals surface area contributed by atoms with Gasteiger partial charge in [0.1, 0.15) is 5.60 Å². The van der Waals surface area contributed by atoms with E-state index in [1.807, 2.05) is 25.7 Å². The number of amides is 1. The van der Waals surface area contributed by atoms with Crippen molar-refractivity contribution < 1.29 is 9.53 Å². The van der Waals surface area contributed by atoms with Crippen molar-refractivity contribution in [2.45, 2.75) is 83.4 Å². The molecule has 1 unspecified atom stereocenters. The predicted octanol–water partition coefficient (Wildman–Crippen LogP) is 3.31. The van der Waals surface area contributed by atoms with Gasteiger partial charge in [0.2, 0.25) is 0 Å². The summed E-state index contributed by atoms with van der Waals surface area (Å²) in [6, 6.07) is 1.07. The normalized spacial score (nSPS) is 24.4. The van der Waals surface area contributed by atoms with Gasteiger partial charge in [-0.1, -0.05) is 12.8 Å². The van der Waals surface area contributed by atoms with E-state index in [-0.39, 0.29) is 6.09 Å². The third-order valence-electron chi connectivity index (χ3n) is 4.27. The molecule has 0 aromatic carbocycles. The molecule has 2 aliphatic rings. The van der Waals surface area contributed by atoms with Gasteiger partial charge in [0.25, 0.3) is 0 Å². The Bertz CT molecular complexity index is 319. The van der Waals surface area contributed by atoms with Gasteiger partial charge in [-0.05, 0) is 59.4 Å². The van der Waals surface area contributed by atoms with Crippen molar-refractivity contribution in [2.24, 2.45) is 0 Å². The van der Waals surface area contributed by atoms with E-state index in [0.717, 1.165) is 32.4 Å². The molecule has 20 heavy (non-hydrogen) atoms. The first-order valence-electron chi connectivity index (χ1n) is 8.19. The summed E-state index contributed by atoms with van der Waals surface area (Å²) in [7, 11) is 0. The van der Waals surface area contributed by atoms with Crippen LogP contribution in [0.15, 0.2) is 0 Å². The fourth-order valence-corrected chi connectivity index (χ4v) is 3.28. The summed E-state index contributed by atoms with van der Waals surface area (Å²) in [6.07, 6.45) is 8.51. The van der Waals surface area contributed by atoms with Gasteiger partial charge in [-0.3, -0.25) is 0 Å². The smallest absolute Gasteiger partial charge is 0.410 e. The Labute approximate surface area is 123 Å². The van der Waals surface area contributed by atoms with Crippen molar-refractivity contribution in [2.75, 3.05) is 13.1 Å². The van der Waals surface area contributed by atoms with Crippen LogP contribution in [0.4, 0.5) is 4.79 Å². The number of ether oxygens (including phenoxy) is 1. The highest BCUT2D eigenvalue weighted by Crippen LogP contribution is 2.23. The van der Waals surface area contributed by atoms with Crippen LogP contribution in [0, 0.1) is 0 Å². The lowest BCUT2D eigenvalue weighted by molar-refractivity contribution is 0.0220. The number of rotatable bonds is 4. The molecule has 2 fully saturated rings. The minimum Gasteiger partial charge on any atom is -0.444 e. The summed E-state index contributed by atoms with van der Waals surface area (Å²) in [6.45, 7) is 7.66. The first kappa shape index (κ1) is 15.6. The molecule has 0 aromatic heterocycles. The monoisotopic (exact) mass is 282 g/mol. The molecule has 1 atom stereocenters. The van der Waals surface area contributed by atoms with Crippen LogP contribution in [0.25, 0.3) is 0 Å². The van der Waals surface area contributed by atoms with Crippen molar-refractivity contribution in [3.05, 3.63) is 0 Å². The minimum atomic E-state index is -0.397. The Balaban J connectivity index is 1.73. The number of hydrogen-bond donors (Lipinski definition) is 1. The molecule has 1 N–H and O–H groups in total. The molecule has 2 rings (SSSR count). The molecule has 0 aromatic rings.